The van der Waals surface area contributed by atoms with Crippen LogP contribution in [0, 0.1) is 17.7 Å². The van der Waals surface area contributed by atoms with Crippen LogP contribution in [-0.2, 0) is 4.74 Å². The molecule has 0 unspecified atom stereocenters. The number of rotatable bonds is 7. The zero-order valence-electron chi connectivity index (χ0n) is 16.8. The van der Waals surface area contributed by atoms with Crippen molar-refractivity contribution in [1.29, 1.82) is 0 Å². The van der Waals surface area contributed by atoms with E-state index in [9.17, 15) is 8.78 Å². The maximum absolute atomic E-state index is 13.4. The van der Waals surface area contributed by atoms with E-state index in [4.69, 9.17) is 4.74 Å². The molecule has 3 aromatic carbocycles. The molecule has 1 aliphatic heterocycles. The van der Waals surface area contributed by atoms with Crippen LogP contribution in [0.15, 0.2) is 72.8 Å². The van der Waals surface area contributed by atoms with Crippen LogP contribution in [0.1, 0.15) is 17.2 Å². The van der Waals surface area contributed by atoms with E-state index < -0.39 is 0 Å². The zero-order valence-corrected chi connectivity index (χ0v) is 16.8. The summed E-state index contributed by atoms with van der Waals surface area (Å²) in [7, 11) is 0. The number of hydrogen-bond donors (Lipinski definition) is 0. The quantitative estimate of drug-likeness (QED) is 0.565. The topological polar surface area (TPSA) is 15.7 Å². The van der Waals surface area contributed by atoms with Gasteiger partial charge in [0.1, 0.15) is 17.7 Å². The number of ether oxygens (including phenoxy) is 1. The Balaban J connectivity index is 1.34. The summed E-state index contributed by atoms with van der Waals surface area (Å²) in [5.41, 5.74) is 2.94. The maximum atomic E-state index is 13.4. The van der Waals surface area contributed by atoms with Crippen LogP contribution in [0.4, 0.5) is 14.5 Å². The fraction of sp³-hybridized carbons (Fsp3) is 0.280. The van der Waals surface area contributed by atoms with Crippen molar-refractivity contribution in [1.82, 2.24) is 4.90 Å². The third kappa shape index (κ3) is 5.23. The summed E-state index contributed by atoms with van der Waals surface area (Å²) in [6.45, 7) is 5.25. The number of halogens is 2. The van der Waals surface area contributed by atoms with E-state index in [1.807, 2.05) is 12.1 Å². The van der Waals surface area contributed by atoms with Gasteiger partial charge in [0.25, 0.3) is 0 Å². The molecule has 1 saturated heterocycles. The van der Waals surface area contributed by atoms with Gasteiger partial charge in [0.15, 0.2) is 0 Å². The number of hydrogen-bond acceptors (Lipinski definition) is 3. The van der Waals surface area contributed by atoms with Gasteiger partial charge in [0.2, 0.25) is 0 Å². The van der Waals surface area contributed by atoms with Gasteiger partial charge in [-0.3, -0.25) is 4.90 Å². The van der Waals surface area contributed by atoms with Crippen LogP contribution in [-0.4, -0.2) is 44.2 Å². The Labute approximate surface area is 176 Å². The van der Waals surface area contributed by atoms with Gasteiger partial charge in [-0.05, 0) is 53.6 Å². The largest absolute Gasteiger partial charge is 0.369 e. The van der Waals surface area contributed by atoms with Crippen molar-refractivity contribution in [2.45, 2.75) is 6.10 Å². The first-order valence-corrected chi connectivity index (χ1v) is 10.2. The molecule has 1 radical (unpaired) electrons. The molecule has 0 atom stereocenters. The zero-order chi connectivity index (χ0) is 20.8. The first-order valence-electron chi connectivity index (χ1n) is 10.2. The molecule has 1 fully saturated rings. The molecule has 3 nitrogen and oxygen atoms in total. The summed E-state index contributed by atoms with van der Waals surface area (Å²) < 4.78 is 32.9. The minimum absolute atomic E-state index is 0.286. The molecule has 155 valence electrons. The van der Waals surface area contributed by atoms with E-state index in [-0.39, 0.29) is 17.7 Å². The van der Waals surface area contributed by atoms with Gasteiger partial charge in [-0.25, -0.2) is 8.78 Å². The van der Waals surface area contributed by atoms with Gasteiger partial charge in [0, 0.05) is 38.4 Å². The van der Waals surface area contributed by atoms with E-state index in [0.29, 0.717) is 6.61 Å². The van der Waals surface area contributed by atoms with Crippen molar-refractivity contribution in [3.8, 4) is 0 Å². The Morgan fingerprint density at radius 1 is 0.767 bits per heavy atom. The summed E-state index contributed by atoms with van der Waals surface area (Å²) >= 11 is 0. The van der Waals surface area contributed by atoms with Gasteiger partial charge in [-0.2, -0.15) is 0 Å². The van der Waals surface area contributed by atoms with Crippen LogP contribution in [0.3, 0.4) is 0 Å². The number of piperazine rings is 1. The molecule has 4 rings (SSSR count). The first kappa shape index (κ1) is 20.5. The van der Waals surface area contributed by atoms with E-state index in [1.54, 1.807) is 24.3 Å². The van der Waals surface area contributed by atoms with Gasteiger partial charge in [0.05, 0.1) is 6.61 Å². The van der Waals surface area contributed by atoms with Crippen molar-refractivity contribution >= 4 is 5.69 Å². The molecule has 5 heteroatoms. The third-order valence-corrected chi connectivity index (χ3v) is 5.48. The van der Waals surface area contributed by atoms with Crippen molar-refractivity contribution in [3.05, 3.63) is 102 Å². The van der Waals surface area contributed by atoms with Crippen LogP contribution in [0.5, 0.6) is 0 Å². The van der Waals surface area contributed by atoms with Gasteiger partial charge in [-0.1, -0.05) is 36.4 Å². The summed E-state index contributed by atoms with van der Waals surface area (Å²) in [6.07, 6.45) is -0.354. The lowest BCUT2D eigenvalue weighted by atomic mass is 10.0. The summed E-state index contributed by atoms with van der Waals surface area (Å²) in [4.78, 5) is 4.77. The number of nitrogens with zero attached hydrogens (tertiary/aromatic N) is 2. The highest BCUT2D eigenvalue weighted by molar-refractivity contribution is 5.46. The minimum atomic E-state index is -0.354. The summed E-state index contributed by atoms with van der Waals surface area (Å²) in [5.74, 6) is -0.573. The maximum Gasteiger partial charge on any atom is 0.123 e. The normalized spacial score (nSPS) is 15.0. The average molecular weight is 407 g/mol. The second-order valence-corrected chi connectivity index (χ2v) is 7.44. The lowest BCUT2D eigenvalue weighted by molar-refractivity contribution is 0.0586. The van der Waals surface area contributed by atoms with Crippen molar-refractivity contribution in [3.63, 3.8) is 0 Å². The van der Waals surface area contributed by atoms with E-state index in [2.05, 4.69) is 28.0 Å². The molecular formula is C25H25F2N2O. The molecule has 1 heterocycles. The van der Waals surface area contributed by atoms with Crippen LogP contribution in [0.2, 0.25) is 0 Å². The van der Waals surface area contributed by atoms with Crippen LogP contribution < -0.4 is 4.90 Å². The molecule has 1 aliphatic rings. The van der Waals surface area contributed by atoms with Gasteiger partial charge < -0.3 is 9.64 Å². The summed E-state index contributed by atoms with van der Waals surface area (Å²) in [5, 5.41) is 0. The Morgan fingerprint density at radius 3 is 1.83 bits per heavy atom. The predicted molar refractivity (Wildman–Crippen MR) is 115 cm³/mol. The van der Waals surface area contributed by atoms with E-state index in [1.165, 1.54) is 30.0 Å². The minimum Gasteiger partial charge on any atom is -0.369 e. The van der Waals surface area contributed by atoms with E-state index >= 15 is 0 Å². The molecule has 0 amide bonds. The van der Waals surface area contributed by atoms with Crippen LogP contribution >= 0.6 is 0 Å². The smallest absolute Gasteiger partial charge is 0.123 e. The van der Waals surface area contributed by atoms with Crippen molar-refractivity contribution < 1.29 is 13.5 Å². The Hall–Kier alpha value is -2.76. The predicted octanol–water partition coefficient (Wildman–Crippen LogP) is 4.69. The number of benzene rings is 3. The molecule has 0 spiro atoms. The van der Waals surface area contributed by atoms with E-state index in [0.717, 1.165) is 43.9 Å². The monoisotopic (exact) mass is 407 g/mol. The average Bonchev–Trinajstić information content (AvgIpc) is 2.79. The van der Waals surface area contributed by atoms with Crippen molar-refractivity contribution in [2.24, 2.45) is 0 Å². The molecule has 0 aliphatic carbocycles. The fourth-order valence-corrected chi connectivity index (χ4v) is 3.78. The molecule has 0 saturated carbocycles. The second-order valence-electron chi connectivity index (χ2n) is 7.44. The Kier molecular flexibility index (Phi) is 6.72. The van der Waals surface area contributed by atoms with Crippen LogP contribution in [0.25, 0.3) is 0 Å². The first-order chi connectivity index (χ1) is 14.7. The standard InChI is InChI=1S/C25H25F2N2O/c26-22-10-6-20(7-11-22)25(21-8-12-23(27)13-9-21)30-19-18-28-14-16-29(17-15-28)24-4-2-1-3-5-24/h2-13,25H,14-19H2. The lowest BCUT2D eigenvalue weighted by Crippen LogP contribution is -2.47. The molecular weight excluding hydrogens is 382 g/mol. The third-order valence-electron chi connectivity index (χ3n) is 5.48. The Morgan fingerprint density at radius 2 is 1.30 bits per heavy atom. The lowest BCUT2D eigenvalue weighted by Gasteiger charge is -2.36. The number of anilines is 1. The molecule has 0 bridgehead atoms. The van der Waals surface area contributed by atoms with Gasteiger partial charge >= 0.3 is 0 Å². The summed E-state index contributed by atoms with van der Waals surface area (Å²) in [6, 6.07) is 23.7. The highest BCUT2D eigenvalue weighted by atomic mass is 19.1. The molecule has 0 N–H and O–H groups in total. The molecule has 30 heavy (non-hydrogen) atoms. The highest BCUT2D eigenvalue weighted by Crippen LogP contribution is 2.26. The SMILES string of the molecule is Fc1ccc(C(OCCN2CCN(c3cc[c]cc3)CC2)c2ccc(F)cc2)cc1. The highest BCUT2D eigenvalue weighted by Gasteiger charge is 2.19. The van der Waals surface area contributed by atoms with Gasteiger partial charge in [-0.15, -0.1) is 0 Å². The molecule has 3 aromatic rings. The Bertz CT molecular complexity index is 863. The molecule has 0 aromatic heterocycles. The second kappa shape index (κ2) is 9.83. The fourth-order valence-electron chi connectivity index (χ4n) is 3.78. The van der Waals surface area contributed by atoms with Crippen molar-refractivity contribution in [2.75, 3.05) is 44.2 Å².